The van der Waals surface area contributed by atoms with E-state index in [-0.39, 0.29) is 16.5 Å². The molecule has 0 unspecified atom stereocenters. The molecule has 32 heavy (non-hydrogen) atoms. The Balaban J connectivity index is 1.58. The molecule has 1 aliphatic rings. The van der Waals surface area contributed by atoms with Crippen LogP contribution in [0.25, 0.3) is 0 Å². The number of nitrogens with zero attached hydrogens (tertiary/aromatic N) is 5. The number of hydrogen-bond acceptors (Lipinski definition) is 9. The van der Waals surface area contributed by atoms with Crippen LogP contribution < -0.4 is 4.80 Å². The van der Waals surface area contributed by atoms with Crippen molar-refractivity contribution in [1.29, 1.82) is 0 Å². The van der Waals surface area contributed by atoms with Gasteiger partial charge in [0.1, 0.15) is 4.92 Å². The number of aryl methyl sites for hydroxylation is 1. The van der Waals surface area contributed by atoms with E-state index < -0.39 is 14.9 Å². The van der Waals surface area contributed by atoms with E-state index in [1.54, 1.807) is 16.8 Å². The average molecular weight is 478 g/mol. The largest absolute Gasteiger partial charge is 0.433 e. The van der Waals surface area contributed by atoms with Gasteiger partial charge in [-0.25, -0.2) is 18.1 Å². The van der Waals surface area contributed by atoms with Gasteiger partial charge in [-0.3, -0.25) is 10.1 Å². The standard InChI is InChI=1S/C19H19N5O6S2/c1-14-13-31-19(23(14)20-12-16-4-7-18(30-16)24(25)26)21-15-2-5-17(6-3-15)32(27,28)22-8-10-29-11-9-22/h2-7,12-13H,8-11H2,1H3. The maximum absolute atomic E-state index is 12.7. The van der Waals surface area contributed by atoms with Gasteiger partial charge in [0.25, 0.3) is 0 Å². The first-order valence-electron chi connectivity index (χ1n) is 9.53. The van der Waals surface area contributed by atoms with Crippen LogP contribution in [0.15, 0.2) is 61.2 Å². The molecule has 0 atom stereocenters. The molecule has 0 aliphatic carbocycles. The van der Waals surface area contributed by atoms with Gasteiger partial charge in [-0.2, -0.15) is 9.41 Å². The molecular formula is C19H19N5O6S2. The van der Waals surface area contributed by atoms with Gasteiger partial charge in [0.2, 0.25) is 14.8 Å². The summed E-state index contributed by atoms with van der Waals surface area (Å²) in [5.74, 6) is -0.131. The summed E-state index contributed by atoms with van der Waals surface area (Å²) in [4.78, 5) is 15.4. The van der Waals surface area contributed by atoms with Gasteiger partial charge in [-0.05, 0) is 37.3 Å². The zero-order valence-corrected chi connectivity index (χ0v) is 18.6. The Hall–Kier alpha value is -3.13. The zero-order chi connectivity index (χ0) is 22.7. The third-order valence-electron chi connectivity index (χ3n) is 4.61. The predicted octanol–water partition coefficient (Wildman–Crippen LogP) is 2.49. The quantitative estimate of drug-likeness (QED) is 0.304. The normalized spacial score (nSPS) is 16.1. The second-order valence-electron chi connectivity index (χ2n) is 6.77. The lowest BCUT2D eigenvalue weighted by atomic mass is 10.3. The molecule has 0 radical (unpaired) electrons. The van der Waals surface area contributed by atoms with E-state index in [4.69, 9.17) is 9.15 Å². The molecule has 168 valence electrons. The molecule has 2 aromatic heterocycles. The van der Waals surface area contributed by atoms with Crippen molar-refractivity contribution in [3.63, 3.8) is 0 Å². The van der Waals surface area contributed by atoms with E-state index in [1.165, 1.54) is 46.1 Å². The van der Waals surface area contributed by atoms with Crippen molar-refractivity contribution in [2.45, 2.75) is 11.8 Å². The van der Waals surface area contributed by atoms with E-state index in [2.05, 4.69) is 10.1 Å². The van der Waals surface area contributed by atoms with Crippen LogP contribution in [-0.4, -0.2) is 54.8 Å². The first-order chi connectivity index (χ1) is 15.3. The van der Waals surface area contributed by atoms with Crippen molar-refractivity contribution < 1.29 is 22.5 Å². The first-order valence-corrected chi connectivity index (χ1v) is 11.8. The molecule has 0 bridgehead atoms. The van der Waals surface area contributed by atoms with Gasteiger partial charge in [-0.1, -0.05) is 0 Å². The summed E-state index contributed by atoms with van der Waals surface area (Å²) < 4.78 is 38.8. The summed E-state index contributed by atoms with van der Waals surface area (Å²) in [6, 6.07) is 9.02. The Morgan fingerprint density at radius 1 is 1.16 bits per heavy atom. The summed E-state index contributed by atoms with van der Waals surface area (Å²) in [7, 11) is -3.57. The van der Waals surface area contributed by atoms with Gasteiger partial charge in [-0.15, -0.1) is 11.3 Å². The molecule has 11 nitrogen and oxygen atoms in total. The number of morpholine rings is 1. The second-order valence-corrected chi connectivity index (χ2v) is 9.55. The Bertz CT molecular complexity index is 1310. The summed E-state index contributed by atoms with van der Waals surface area (Å²) >= 11 is 1.35. The molecule has 4 rings (SSSR count). The number of hydrogen-bond donors (Lipinski definition) is 0. The summed E-state index contributed by atoms with van der Waals surface area (Å²) in [6.45, 7) is 3.28. The number of thiazole rings is 1. The number of aromatic nitrogens is 1. The molecule has 0 N–H and O–H groups in total. The van der Waals surface area contributed by atoms with Crippen LogP contribution in [0.4, 0.5) is 11.6 Å². The number of furan rings is 1. The van der Waals surface area contributed by atoms with Crippen molar-refractivity contribution in [3.05, 3.63) is 68.1 Å². The van der Waals surface area contributed by atoms with Crippen molar-refractivity contribution in [2.24, 2.45) is 10.1 Å². The molecule has 13 heteroatoms. The minimum absolute atomic E-state index is 0.200. The van der Waals surface area contributed by atoms with Crippen molar-refractivity contribution >= 4 is 39.1 Å². The highest BCUT2D eigenvalue weighted by Crippen LogP contribution is 2.21. The summed E-state index contributed by atoms with van der Waals surface area (Å²) in [5, 5.41) is 16.9. The predicted molar refractivity (Wildman–Crippen MR) is 117 cm³/mol. The van der Waals surface area contributed by atoms with Crippen LogP contribution in [0.5, 0.6) is 0 Å². The molecule has 1 saturated heterocycles. The number of ether oxygens (including phenoxy) is 1. The van der Waals surface area contributed by atoms with E-state index in [1.807, 2.05) is 12.3 Å². The SMILES string of the molecule is Cc1csc(=Nc2ccc(S(=O)(=O)N3CCOCC3)cc2)n1N=Cc1ccc([N+](=O)[O-])o1. The Kier molecular flexibility index (Phi) is 6.32. The highest BCUT2D eigenvalue weighted by Gasteiger charge is 2.26. The molecule has 3 heterocycles. The van der Waals surface area contributed by atoms with Crippen molar-refractivity contribution in [3.8, 4) is 0 Å². The molecule has 1 aliphatic heterocycles. The molecule has 3 aromatic rings. The zero-order valence-electron chi connectivity index (χ0n) is 16.9. The van der Waals surface area contributed by atoms with E-state index in [9.17, 15) is 18.5 Å². The molecule has 1 aromatic carbocycles. The third kappa shape index (κ3) is 4.70. The number of sulfonamides is 1. The Morgan fingerprint density at radius 2 is 1.88 bits per heavy atom. The fourth-order valence-electron chi connectivity index (χ4n) is 2.97. The lowest BCUT2D eigenvalue weighted by Gasteiger charge is -2.26. The van der Waals surface area contributed by atoms with E-state index in [0.29, 0.717) is 36.8 Å². The highest BCUT2D eigenvalue weighted by atomic mass is 32.2. The van der Waals surface area contributed by atoms with Crippen LogP contribution in [-0.2, 0) is 14.8 Å². The van der Waals surface area contributed by atoms with Gasteiger partial charge in [0.05, 0.1) is 41.8 Å². The molecule has 1 fully saturated rings. The lowest BCUT2D eigenvalue weighted by molar-refractivity contribution is -0.402. The topological polar surface area (TPSA) is 133 Å². The fourth-order valence-corrected chi connectivity index (χ4v) is 5.20. The minimum atomic E-state index is -3.57. The molecule has 0 saturated carbocycles. The number of benzene rings is 1. The van der Waals surface area contributed by atoms with Crippen LogP contribution in [0, 0.1) is 17.0 Å². The van der Waals surface area contributed by atoms with Crippen LogP contribution >= 0.6 is 11.3 Å². The van der Waals surface area contributed by atoms with Crippen LogP contribution in [0.3, 0.4) is 0 Å². The summed E-state index contributed by atoms with van der Waals surface area (Å²) in [6.07, 6.45) is 1.36. The van der Waals surface area contributed by atoms with Crippen molar-refractivity contribution in [1.82, 2.24) is 8.98 Å². The maximum Gasteiger partial charge on any atom is 0.433 e. The van der Waals surface area contributed by atoms with E-state index >= 15 is 0 Å². The number of rotatable bonds is 6. The average Bonchev–Trinajstić information content (AvgIpc) is 3.40. The fraction of sp³-hybridized carbons (Fsp3) is 0.263. The van der Waals surface area contributed by atoms with Gasteiger partial charge >= 0.3 is 5.88 Å². The molecule has 0 spiro atoms. The Morgan fingerprint density at radius 3 is 2.53 bits per heavy atom. The van der Waals surface area contributed by atoms with Crippen molar-refractivity contribution in [2.75, 3.05) is 26.3 Å². The number of nitro groups is 1. The molecule has 0 amide bonds. The third-order valence-corrected chi connectivity index (χ3v) is 7.46. The Labute approximate surface area is 187 Å². The highest BCUT2D eigenvalue weighted by molar-refractivity contribution is 7.89. The smallest absolute Gasteiger partial charge is 0.400 e. The lowest BCUT2D eigenvalue weighted by Crippen LogP contribution is -2.40. The molecular weight excluding hydrogens is 458 g/mol. The van der Waals surface area contributed by atoms with Gasteiger partial charge < -0.3 is 9.15 Å². The van der Waals surface area contributed by atoms with Gasteiger partial charge in [0.15, 0.2) is 5.76 Å². The van der Waals surface area contributed by atoms with Crippen LogP contribution in [0.2, 0.25) is 0 Å². The van der Waals surface area contributed by atoms with Crippen LogP contribution in [0.1, 0.15) is 11.5 Å². The monoisotopic (exact) mass is 477 g/mol. The maximum atomic E-state index is 12.7. The van der Waals surface area contributed by atoms with Gasteiger partial charge in [0, 0.05) is 18.5 Å². The van der Waals surface area contributed by atoms with E-state index in [0.717, 1.165) is 5.69 Å². The minimum Gasteiger partial charge on any atom is -0.400 e. The first kappa shape index (κ1) is 22.1. The summed E-state index contributed by atoms with van der Waals surface area (Å²) in [5.41, 5.74) is 1.36. The second kappa shape index (κ2) is 9.16.